The fourth-order valence-electron chi connectivity index (χ4n) is 3.30. The number of carboxylic acid groups (broad SMARTS) is 2. The van der Waals surface area contributed by atoms with E-state index >= 15 is 0 Å². The maximum absolute atomic E-state index is 13.0. The van der Waals surface area contributed by atoms with Gasteiger partial charge in [-0.2, -0.15) is 5.26 Å². The number of fused-ring (bicyclic) bond motifs is 1. The molecule has 0 spiro atoms. The molecule has 156 valence electrons. The summed E-state index contributed by atoms with van der Waals surface area (Å²) < 4.78 is 1.52. The van der Waals surface area contributed by atoms with Crippen molar-refractivity contribution < 1.29 is 24.6 Å². The van der Waals surface area contributed by atoms with E-state index in [2.05, 4.69) is 0 Å². The molecule has 31 heavy (non-hydrogen) atoms. The van der Waals surface area contributed by atoms with Crippen LogP contribution in [-0.2, 0) is 27.5 Å². The number of para-hydroxylation sites is 1. The van der Waals surface area contributed by atoms with Crippen molar-refractivity contribution in [2.45, 2.75) is 13.1 Å². The fourth-order valence-corrected chi connectivity index (χ4v) is 3.30. The fraction of sp³-hybridized carbons (Fsp3) is 0.130. The summed E-state index contributed by atoms with van der Waals surface area (Å²) in [6.07, 6.45) is 2.92. The first-order valence-electron chi connectivity index (χ1n) is 9.35. The maximum atomic E-state index is 13.0. The highest BCUT2D eigenvalue weighted by molar-refractivity contribution is 6.04. The number of nitrogens with zero attached hydrogens (tertiary/aromatic N) is 3. The van der Waals surface area contributed by atoms with E-state index in [1.807, 2.05) is 6.07 Å². The van der Waals surface area contributed by atoms with Crippen molar-refractivity contribution in [2.75, 3.05) is 6.54 Å². The Morgan fingerprint density at radius 2 is 1.68 bits per heavy atom. The van der Waals surface area contributed by atoms with Crippen LogP contribution in [-0.4, -0.2) is 44.1 Å². The Balaban J connectivity index is 1.99. The van der Waals surface area contributed by atoms with E-state index in [4.69, 9.17) is 5.11 Å². The van der Waals surface area contributed by atoms with Gasteiger partial charge in [-0.1, -0.05) is 48.5 Å². The van der Waals surface area contributed by atoms with Crippen molar-refractivity contribution in [3.05, 3.63) is 77.5 Å². The zero-order chi connectivity index (χ0) is 22.4. The molecule has 0 fully saturated rings. The maximum Gasteiger partial charge on any atom is 0.323 e. The smallest absolute Gasteiger partial charge is 0.323 e. The van der Waals surface area contributed by atoms with Gasteiger partial charge in [0.25, 0.3) is 5.91 Å². The Labute approximate surface area is 177 Å². The summed E-state index contributed by atoms with van der Waals surface area (Å²) in [5, 5.41) is 28.7. The quantitative estimate of drug-likeness (QED) is 0.429. The van der Waals surface area contributed by atoms with Gasteiger partial charge in [0.05, 0.1) is 0 Å². The van der Waals surface area contributed by atoms with E-state index in [1.165, 1.54) is 10.6 Å². The highest BCUT2D eigenvalue weighted by atomic mass is 16.4. The average Bonchev–Trinajstić information content (AvgIpc) is 3.08. The van der Waals surface area contributed by atoms with Gasteiger partial charge in [0.15, 0.2) is 0 Å². The lowest BCUT2D eigenvalue weighted by Gasteiger charge is -2.20. The summed E-state index contributed by atoms with van der Waals surface area (Å²) in [6.45, 7) is -0.803. The predicted octanol–water partition coefficient (Wildman–Crippen LogP) is 2.75. The highest BCUT2D eigenvalue weighted by Crippen LogP contribution is 2.24. The standard InChI is InChI=1S/C23H19N3O5/c24-11-17(23(31)26(15-22(29)30)12-16-6-2-1-3-7-16)10-18-13-25(14-21(27)28)20-9-5-4-8-19(18)20/h1-10,13H,12,14-15H2,(H,27,28)(H,29,30)/b17-10+. The third kappa shape index (κ3) is 5.16. The van der Waals surface area contributed by atoms with Gasteiger partial charge < -0.3 is 19.7 Å². The molecule has 8 heteroatoms. The molecule has 0 radical (unpaired) electrons. The molecule has 0 bridgehead atoms. The summed E-state index contributed by atoms with van der Waals surface area (Å²) >= 11 is 0. The Morgan fingerprint density at radius 3 is 2.32 bits per heavy atom. The lowest BCUT2D eigenvalue weighted by atomic mass is 10.1. The molecule has 1 aromatic heterocycles. The number of hydrogen-bond acceptors (Lipinski definition) is 4. The molecular formula is C23H19N3O5. The van der Waals surface area contributed by atoms with Crippen LogP contribution < -0.4 is 0 Å². The van der Waals surface area contributed by atoms with Gasteiger partial charge in [-0.3, -0.25) is 14.4 Å². The minimum Gasteiger partial charge on any atom is -0.480 e. The van der Waals surface area contributed by atoms with Crippen molar-refractivity contribution in [2.24, 2.45) is 0 Å². The Bertz CT molecular complexity index is 1200. The number of aliphatic carboxylic acids is 2. The molecule has 8 nitrogen and oxygen atoms in total. The van der Waals surface area contributed by atoms with E-state index in [9.17, 15) is 24.8 Å². The number of carbonyl (C=O) groups excluding carboxylic acids is 1. The van der Waals surface area contributed by atoms with E-state index < -0.39 is 24.4 Å². The summed E-state index contributed by atoms with van der Waals surface area (Å²) in [5.74, 6) is -2.94. The van der Waals surface area contributed by atoms with E-state index in [0.29, 0.717) is 16.5 Å². The Hall–Kier alpha value is -4.38. The van der Waals surface area contributed by atoms with Crippen LogP contribution >= 0.6 is 0 Å². The Morgan fingerprint density at radius 1 is 1.00 bits per heavy atom. The number of benzene rings is 2. The summed E-state index contributed by atoms with van der Waals surface area (Å²) in [7, 11) is 0. The van der Waals surface area contributed by atoms with Crippen molar-refractivity contribution in [3.8, 4) is 6.07 Å². The lowest BCUT2D eigenvalue weighted by molar-refractivity contribution is -0.143. The summed E-state index contributed by atoms with van der Waals surface area (Å²) in [5.41, 5.74) is 1.63. The number of nitriles is 1. The van der Waals surface area contributed by atoms with Gasteiger partial charge in [-0.05, 0) is 17.7 Å². The first kappa shape index (κ1) is 21.3. The van der Waals surface area contributed by atoms with Gasteiger partial charge in [0, 0.05) is 29.2 Å². The van der Waals surface area contributed by atoms with Crippen LogP contribution in [0.4, 0.5) is 0 Å². The second-order valence-corrected chi connectivity index (χ2v) is 6.83. The number of carbonyl (C=O) groups is 3. The van der Waals surface area contributed by atoms with Gasteiger partial charge in [-0.25, -0.2) is 0 Å². The molecule has 3 aromatic rings. The number of hydrogen-bond donors (Lipinski definition) is 2. The monoisotopic (exact) mass is 417 g/mol. The normalized spacial score (nSPS) is 11.1. The van der Waals surface area contributed by atoms with Crippen molar-refractivity contribution in [3.63, 3.8) is 0 Å². The SMILES string of the molecule is N#C/C(=C\c1cn(CC(=O)O)c2ccccc12)C(=O)N(CC(=O)O)Cc1ccccc1. The molecule has 3 rings (SSSR count). The van der Waals surface area contributed by atoms with Crippen molar-refractivity contribution in [1.29, 1.82) is 5.26 Å². The van der Waals surface area contributed by atoms with Gasteiger partial charge in [0.1, 0.15) is 24.7 Å². The largest absolute Gasteiger partial charge is 0.480 e. The summed E-state index contributed by atoms with van der Waals surface area (Å²) in [6, 6.07) is 17.8. The van der Waals surface area contributed by atoms with Gasteiger partial charge in [-0.15, -0.1) is 0 Å². The van der Waals surface area contributed by atoms with Crippen LogP contribution in [0.25, 0.3) is 17.0 Å². The van der Waals surface area contributed by atoms with Crippen LogP contribution in [0.3, 0.4) is 0 Å². The predicted molar refractivity (Wildman–Crippen MR) is 113 cm³/mol. The number of carboxylic acids is 2. The third-order valence-corrected chi connectivity index (χ3v) is 4.61. The first-order valence-corrected chi connectivity index (χ1v) is 9.35. The molecule has 0 aliphatic heterocycles. The van der Waals surface area contributed by atoms with Crippen LogP contribution in [0.1, 0.15) is 11.1 Å². The molecule has 2 aromatic carbocycles. The molecule has 1 heterocycles. The molecule has 1 amide bonds. The zero-order valence-electron chi connectivity index (χ0n) is 16.4. The van der Waals surface area contributed by atoms with E-state index in [1.54, 1.807) is 60.8 Å². The third-order valence-electron chi connectivity index (χ3n) is 4.61. The molecular weight excluding hydrogens is 398 g/mol. The van der Waals surface area contributed by atoms with Crippen LogP contribution in [0.15, 0.2) is 66.4 Å². The molecule has 0 saturated heterocycles. The molecule has 0 unspecified atom stereocenters. The van der Waals surface area contributed by atoms with Crippen molar-refractivity contribution >= 4 is 34.8 Å². The lowest BCUT2D eigenvalue weighted by Crippen LogP contribution is -2.35. The number of rotatable bonds is 8. The molecule has 2 N–H and O–H groups in total. The number of aromatic nitrogens is 1. The minimum atomic E-state index is -1.19. The molecule has 0 aliphatic rings. The molecule has 0 atom stereocenters. The van der Waals surface area contributed by atoms with E-state index in [-0.39, 0.29) is 18.7 Å². The van der Waals surface area contributed by atoms with Crippen LogP contribution in [0, 0.1) is 11.3 Å². The zero-order valence-corrected chi connectivity index (χ0v) is 16.4. The summed E-state index contributed by atoms with van der Waals surface area (Å²) in [4.78, 5) is 36.6. The van der Waals surface area contributed by atoms with Crippen molar-refractivity contribution in [1.82, 2.24) is 9.47 Å². The minimum absolute atomic E-state index is 0.0335. The average molecular weight is 417 g/mol. The molecule has 0 saturated carbocycles. The highest BCUT2D eigenvalue weighted by Gasteiger charge is 2.22. The van der Waals surface area contributed by atoms with E-state index in [0.717, 1.165) is 10.5 Å². The number of amides is 1. The van der Waals surface area contributed by atoms with Gasteiger partial charge >= 0.3 is 11.9 Å². The second kappa shape index (κ2) is 9.41. The topological polar surface area (TPSA) is 124 Å². The molecule has 0 aliphatic carbocycles. The Kier molecular flexibility index (Phi) is 6.48. The van der Waals surface area contributed by atoms with Crippen LogP contribution in [0.2, 0.25) is 0 Å². The van der Waals surface area contributed by atoms with Gasteiger partial charge in [0.2, 0.25) is 0 Å². The second-order valence-electron chi connectivity index (χ2n) is 6.83. The van der Waals surface area contributed by atoms with Crippen LogP contribution in [0.5, 0.6) is 0 Å². The first-order chi connectivity index (χ1) is 14.9.